The number of aromatic nitrogens is 1. The molecule has 3 aromatic rings. The van der Waals surface area contributed by atoms with Crippen LogP contribution in [0.25, 0.3) is 5.52 Å². The van der Waals surface area contributed by atoms with E-state index in [0.717, 1.165) is 54.4 Å². The maximum absolute atomic E-state index is 13.3. The zero-order valence-corrected chi connectivity index (χ0v) is 20.8. The van der Waals surface area contributed by atoms with Gasteiger partial charge in [-0.15, -0.1) is 0 Å². The maximum Gasteiger partial charge on any atom is 0.210 e. The van der Waals surface area contributed by atoms with E-state index in [4.69, 9.17) is 16.3 Å². The van der Waals surface area contributed by atoms with E-state index in [1.165, 1.54) is 0 Å². The molecule has 2 aromatic heterocycles. The topological polar surface area (TPSA) is 34.0 Å². The van der Waals surface area contributed by atoms with Crippen molar-refractivity contribution in [1.82, 2.24) is 9.30 Å². The van der Waals surface area contributed by atoms with E-state index in [0.29, 0.717) is 28.6 Å². The average Bonchev–Trinajstić information content (AvgIpc) is 3.02. The molecule has 0 aliphatic rings. The van der Waals surface area contributed by atoms with Gasteiger partial charge in [0.2, 0.25) is 5.78 Å². The second-order valence-corrected chi connectivity index (χ2v) is 8.96. The molecule has 0 saturated carbocycles. The van der Waals surface area contributed by atoms with Gasteiger partial charge in [-0.05, 0) is 91.1 Å². The SMILES string of the molecule is CCCN(CCC)CCCOc1ccc(C(=O)c2c(C)c(Br)c3ccccn23)cc1Cl. The Morgan fingerprint density at radius 3 is 2.55 bits per heavy atom. The zero-order chi connectivity index (χ0) is 22.4. The van der Waals surface area contributed by atoms with Crippen molar-refractivity contribution in [3.05, 3.63) is 68.9 Å². The molecule has 0 fully saturated rings. The van der Waals surface area contributed by atoms with Crippen LogP contribution in [0.4, 0.5) is 0 Å². The van der Waals surface area contributed by atoms with Crippen molar-refractivity contribution in [2.24, 2.45) is 0 Å². The lowest BCUT2D eigenvalue weighted by molar-refractivity contribution is 0.103. The second-order valence-electron chi connectivity index (χ2n) is 7.76. The van der Waals surface area contributed by atoms with E-state index in [2.05, 4.69) is 34.7 Å². The van der Waals surface area contributed by atoms with Crippen LogP contribution in [0.2, 0.25) is 5.02 Å². The first-order chi connectivity index (χ1) is 15.0. The van der Waals surface area contributed by atoms with Gasteiger partial charge in [0, 0.05) is 22.8 Å². The predicted octanol–water partition coefficient (Wildman–Crippen LogP) is 6.79. The Morgan fingerprint density at radius 1 is 1.13 bits per heavy atom. The van der Waals surface area contributed by atoms with Gasteiger partial charge >= 0.3 is 0 Å². The fourth-order valence-corrected chi connectivity index (χ4v) is 4.65. The van der Waals surface area contributed by atoms with Crippen molar-refractivity contribution in [2.45, 2.75) is 40.0 Å². The number of nitrogens with zero attached hydrogens (tertiary/aromatic N) is 2. The van der Waals surface area contributed by atoms with Gasteiger partial charge in [0.25, 0.3) is 0 Å². The van der Waals surface area contributed by atoms with Gasteiger partial charge in [0.1, 0.15) is 5.75 Å². The number of hydrogen-bond donors (Lipinski definition) is 0. The van der Waals surface area contributed by atoms with E-state index < -0.39 is 0 Å². The van der Waals surface area contributed by atoms with E-state index in [9.17, 15) is 4.79 Å². The van der Waals surface area contributed by atoms with Gasteiger partial charge in [-0.25, -0.2) is 0 Å². The molecule has 4 nitrogen and oxygen atoms in total. The first kappa shape index (κ1) is 23.8. The van der Waals surface area contributed by atoms with Crippen LogP contribution >= 0.6 is 27.5 Å². The van der Waals surface area contributed by atoms with Crippen LogP contribution in [0.15, 0.2) is 47.1 Å². The number of hydrogen-bond acceptors (Lipinski definition) is 3. The van der Waals surface area contributed by atoms with Gasteiger partial charge in [-0.3, -0.25) is 4.79 Å². The molecule has 0 aliphatic heterocycles. The van der Waals surface area contributed by atoms with Crippen molar-refractivity contribution in [2.75, 3.05) is 26.2 Å². The molecule has 31 heavy (non-hydrogen) atoms. The highest BCUT2D eigenvalue weighted by molar-refractivity contribution is 9.10. The van der Waals surface area contributed by atoms with Crippen LogP contribution < -0.4 is 4.74 Å². The summed E-state index contributed by atoms with van der Waals surface area (Å²) >= 11 is 10.1. The van der Waals surface area contributed by atoms with Crippen molar-refractivity contribution < 1.29 is 9.53 Å². The highest BCUT2D eigenvalue weighted by Crippen LogP contribution is 2.31. The van der Waals surface area contributed by atoms with Gasteiger partial charge in [-0.1, -0.05) is 31.5 Å². The quantitative estimate of drug-likeness (QED) is 0.213. The molecule has 0 aliphatic carbocycles. The average molecular weight is 506 g/mol. The van der Waals surface area contributed by atoms with E-state index >= 15 is 0 Å². The number of rotatable bonds is 11. The number of ketones is 1. The number of halogens is 2. The number of carbonyl (C=O) groups is 1. The normalized spacial score (nSPS) is 11.4. The summed E-state index contributed by atoms with van der Waals surface area (Å²) in [4.78, 5) is 15.7. The summed E-state index contributed by atoms with van der Waals surface area (Å²) < 4.78 is 8.75. The van der Waals surface area contributed by atoms with Gasteiger partial charge in [0.15, 0.2) is 0 Å². The summed E-state index contributed by atoms with van der Waals surface area (Å²) in [5.74, 6) is 0.557. The molecule has 0 unspecified atom stereocenters. The molecule has 3 rings (SSSR count). The molecule has 2 heterocycles. The zero-order valence-electron chi connectivity index (χ0n) is 18.5. The Morgan fingerprint density at radius 2 is 1.87 bits per heavy atom. The van der Waals surface area contributed by atoms with Crippen LogP contribution in [0.3, 0.4) is 0 Å². The first-order valence-corrected chi connectivity index (χ1v) is 12.1. The molecule has 0 atom stereocenters. The fraction of sp³-hybridized carbons (Fsp3) is 0.400. The van der Waals surface area contributed by atoms with Crippen molar-refractivity contribution >= 4 is 38.8 Å². The van der Waals surface area contributed by atoms with E-state index in [-0.39, 0.29) is 5.78 Å². The molecule has 1 aromatic carbocycles. The van der Waals surface area contributed by atoms with Crippen LogP contribution in [-0.4, -0.2) is 41.3 Å². The third kappa shape index (κ3) is 5.51. The van der Waals surface area contributed by atoms with Crippen molar-refractivity contribution in [3.63, 3.8) is 0 Å². The Hall–Kier alpha value is -1.82. The lowest BCUT2D eigenvalue weighted by atomic mass is 10.1. The molecular weight excluding hydrogens is 476 g/mol. The Labute approximate surface area is 198 Å². The lowest BCUT2D eigenvalue weighted by Crippen LogP contribution is -2.27. The minimum absolute atomic E-state index is 0.0624. The van der Waals surface area contributed by atoms with Gasteiger partial charge < -0.3 is 14.0 Å². The highest BCUT2D eigenvalue weighted by atomic mass is 79.9. The molecule has 0 saturated heterocycles. The molecule has 0 radical (unpaired) electrons. The summed E-state index contributed by atoms with van der Waals surface area (Å²) in [7, 11) is 0. The number of fused-ring (bicyclic) bond motifs is 1. The summed E-state index contributed by atoms with van der Waals surface area (Å²) in [6, 6.07) is 11.2. The molecule has 166 valence electrons. The van der Waals surface area contributed by atoms with Gasteiger partial charge in [0.05, 0.1) is 22.8 Å². The first-order valence-electron chi connectivity index (χ1n) is 10.9. The minimum Gasteiger partial charge on any atom is -0.492 e. The number of pyridine rings is 1. The van der Waals surface area contributed by atoms with Crippen LogP contribution in [-0.2, 0) is 0 Å². The monoisotopic (exact) mass is 504 g/mol. The Kier molecular flexibility index (Phi) is 8.58. The number of carbonyl (C=O) groups excluding carboxylic acids is 1. The van der Waals surface area contributed by atoms with E-state index in [1.54, 1.807) is 18.2 Å². The second kappa shape index (κ2) is 11.2. The molecule has 0 N–H and O–H groups in total. The lowest BCUT2D eigenvalue weighted by Gasteiger charge is -2.20. The molecule has 0 bridgehead atoms. The summed E-state index contributed by atoms with van der Waals surface area (Å²) in [5, 5.41) is 0.461. The molecule has 0 spiro atoms. The largest absolute Gasteiger partial charge is 0.492 e. The third-order valence-corrected chi connectivity index (χ3v) is 6.67. The van der Waals surface area contributed by atoms with Crippen molar-refractivity contribution in [3.8, 4) is 5.75 Å². The third-order valence-electron chi connectivity index (χ3n) is 5.38. The Bertz CT molecular complexity index is 1040. The Balaban J connectivity index is 1.69. The summed E-state index contributed by atoms with van der Waals surface area (Å²) in [6.45, 7) is 10.2. The number of ether oxygens (including phenoxy) is 1. The fourth-order valence-electron chi connectivity index (χ4n) is 3.91. The summed E-state index contributed by atoms with van der Waals surface area (Å²) in [5.41, 5.74) is 3.07. The molecule has 0 amide bonds. The molecule has 6 heteroatoms. The highest BCUT2D eigenvalue weighted by Gasteiger charge is 2.21. The van der Waals surface area contributed by atoms with Crippen molar-refractivity contribution in [1.29, 1.82) is 0 Å². The van der Waals surface area contributed by atoms with Crippen LogP contribution in [0.1, 0.15) is 54.7 Å². The predicted molar refractivity (Wildman–Crippen MR) is 132 cm³/mol. The smallest absolute Gasteiger partial charge is 0.210 e. The van der Waals surface area contributed by atoms with E-state index in [1.807, 2.05) is 35.7 Å². The number of benzene rings is 1. The van der Waals surface area contributed by atoms with Crippen LogP contribution in [0, 0.1) is 6.92 Å². The van der Waals surface area contributed by atoms with Crippen LogP contribution in [0.5, 0.6) is 5.75 Å². The summed E-state index contributed by atoms with van der Waals surface area (Å²) in [6.07, 6.45) is 5.17. The standard InChI is InChI=1S/C25H30BrClN2O2/c1-4-12-28(13-5-2)14-8-16-31-22-11-10-19(17-20(22)27)25(30)24-18(3)23(26)21-9-6-7-15-29(21)24/h6-7,9-11,15,17H,4-5,8,12-14,16H2,1-3H3. The minimum atomic E-state index is -0.0624. The van der Waals surface area contributed by atoms with Gasteiger partial charge in [-0.2, -0.15) is 0 Å². The molecular formula is C25H30BrClN2O2. The maximum atomic E-state index is 13.3.